The Kier molecular flexibility index (Phi) is 5.81. The zero-order valence-electron chi connectivity index (χ0n) is 20.2. The topological polar surface area (TPSA) is 106 Å². The zero-order chi connectivity index (χ0) is 25.4. The summed E-state index contributed by atoms with van der Waals surface area (Å²) in [4.78, 5) is 13.7. The van der Waals surface area contributed by atoms with E-state index in [-0.39, 0.29) is 0 Å². The quantitative estimate of drug-likeness (QED) is 0.268. The Balaban J connectivity index is 1.28. The standard InChI is InChI=1S/C26H21N5O5S/c1-32-19-8-16(14-35-18-6-4-5-15(7-18)17-11-27-24(33-2)28-12-17)20-10-23(36-22(20)9-19)21-13-31-25(29-21)37-26(30-31)34-3/h4-13H,14H2,1-3H3. The van der Waals surface area contributed by atoms with Crippen LogP contribution in [0.4, 0.5) is 0 Å². The van der Waals surface area contributed by atoms with Gasteiger partial charge in [0.2, 0.25) is 4.96 Å². The summed E-state index contributed by atoms with van der Waals surface area (Å²) in [5.41, 5.74) is 4.08. The molecule has 6 aromatic rings. The lowest BCUT2D eigenvalue weighted by molar-refractivity contribution is 0.307. The minimum absolute atomic E-state index is 0.312. The molecule has 0 N–H and O–H groups in total. The van der Waals surface area contributed by atoms with E-state index in [0.29, 0.717) is 46.3 Å². The minimum atomic E-state index is 0.312. The summed E-state index contributed by atoms with van der Waals surface area (Å²) in [5.74, 6) is 2.01. The van der Waals surface area contributed by atoms with E-state index in [1.54, 1.807) is 31.1 Å². The second-order valence-corrected chi connectivity index (χ2v) is 8.93. The molecule has 10 nitrogen and oxygen atoms in total. The molecule has 6 rings (SSSR count). The van der Waals surface area contributed by atoms with Gasteiger partial charge in [-0.15, -0.1) is 5.10 Å². The maximum atomic E-state index is 6.18. The monoisotopic (exact) mass is 515 g/mol. The molecule has 0 radical (unpaired) electrons. The van der Waals surface area contributed by atoms with E-state index in [2.05, 4.69) is 20.1 Å². The molecule has 0 amide bonds. The van der Waals surface area contributed by atoms with Gasteiger partial charge in [0.05, 0.1) is 27.5 Å². The van der Waals surface area contributed by atoms with E-state index >= 15 is 0 Å². The van der Waals surface area contributed by atoms with Gasteiger partial charge in [-0.05, 0) is 41.2 Å². The second kappa shape index (κ2) is 9.43. The molecular formula is C26H21N5O5S. The van der Waals surface area contributed by atoms with E-state index in [1.165, 1.54) is 18.4 Å². The van der Waals surface area contributed by atoms with Crippen molar-refractivity contribution in [3.05, 3.63) is 66.6 Å². The largest absolute Gasteiger partial charge is 0.497 e. The Hall–Kier alpha value is -4.64. The fraction of sp³-hybridized carbons (Fsp3) is 0.154. The van der Waals surface area contributed by atoms with Crippen molar-refractivity contribution < 1.29 is 23.4 Å². The van der Waals surface area contributed by atoms with Gasteiger partial charge in [0.15, 0.2) is 5.76 Å². The third-order valence-electron chi connectivity index (χ3n) is 5.76. The van der Waals surface area contributed by atoms with Crippen LogP contribution in [0.1, 0.15) is 5.56 Å². The molecule has 2 aromatic carbocycles. The highest BCUT2D eigenvalue weighted by Crippen LogP contribution is 2.34. The molecule has 4 aromatic heterocycles. The molecule has 0 saturated heterocycles. The van der Waals surface area contributed by atoms with Gasteiger partial charge >= 0.3 is 6.01 Å². The molecule has 11 heteroatoms. The van der Waals surface area contributed by atoms with Crippen LogP contribution in [0.3, 0.4) is 0 Å². The molecule has 0 fully saturated rings. The van der Waals surface area contributed by atoms with Crippen molar-refractivity contribution in [2.24, 2.45) is 0 Å². The third-order valence-corrected chi connectivity index (χ3v) is 6.64. The van der Waals surface area contributed by atoms with Crippen molar-refractivity contribution in [1.29, 1.82) is 0 Å². The number of hydrogen-bond acceptors (Lipinski definition) is 10. The number of methoxy groups -OCH3 is 3. The molecule has 37 heavy (non-hydrogen) atoms. The lowest BCUT2D eigenvalue weighted by atomic mass is 10.1. The van der Waals surface area contributed by atoms with Crippen LogP contribution in [-0.4, -0.2) is 45.9 Å². The van der Waals surface area contributed by atoms with Gasteiger partial charge in [-0.1, -0.05) is 12.1 Å². The first-order chi connectivity index (χ1) is 18.1. The molecular weight excluding hydrogens is 494 g/mol. The summed E-state index contributed by atoms with van der Waals surface area (Å²) in [6.45, 7) is 0.312. The van der Waals surface area contributed by atoms with Gasteiger partial charge < -0.3 is 23.4 Å². The average molecular weight is 516 g/mol. The molecule has 0 bridgehead atoms. The van der Waals surface area contributed by atoms with Gasteiger partial charge in [-0.25, -0.2) is 19.5 Å². The van der Waals surface area contributed by atoms with Crippen molar-refractivity contribution in [3.63, 3.8) is 0 Å². The maximum Gasteiger partial charge on any atom is 0.316 e. The molecule has 0 atom stereocenters. The Morgan fingerprint density at radius 3 is 2.54 bits per heavy atom. The van der Waals surface area contributed by atoms with Crippen molar-refractivity contribution in [2.75, 3.05) is 21.3 Å². The predicted octanol–water partition coefficient (Wildman–Crippen LogP) is 5.27. The first-order valence-corrected chi connectivity index (χ1v) is 12.1. The van der Waals surface area contributed by atoms with Crippen LogP contribution in [0.2, 0.25) is 0 Å². The first-order valence-electron chi connectivity index (χ1n) is 11.2. The highest BCUT2D eigenvalue weighted by Gasteiger charge is 2.17. The van der Waals surface area contributed by atoms with E-state index in [1.807, 2.05) is 48.7 Å². The fourth-order valence-electron chi connectivity index (χ4n) is 3.93. The van der Waals surface area contributed by atoms with E-state index < -0.39 is 0 Å². The number of furan rings is 1. The van der Waals surface area contributed by atoms with Crippen LogP contribution in [0.5, 0.6) is 22.7 Å². The Morgan fingerprint density at radius 2 is 1.78 bits per heavy atom. The molecule has 0 spiro atoms. The van der Waals surface area contributed by atoms with Crippen LogP contribution >= 0.6 is 11.3 Å². The van der Waals surface area contributed by atoms with E-state index in [4.69, 9.17) is 23.4 Å². The lowest BCUT2D eigenvalue weighted by Crippen LogP contribution is -1.97. The summed E-state index contributed by atoms with van der Waals surface area (Å²) in [7, 11) is 4.74. The number of hydrogen-bond donors (Lipinski definition) is 0. The van der Waals surface area contributed by atoms with E-state index in [9.17, 15) is 0 Å². The van der Waals surface area contributed by atoms with Gasteiger partial charge in [-0.3, -0.25) is 0 Å². The predicted molar refractivity (Wildman–Crippen MR) is 138 cm³/mol. The van der Waals surface area contributed by atoms with Crippen molar-refractivity contribution in [3.8, 4) is 45.3 Å². The van der Waals surface area contributed by atoms with Crippen molar-refractivity contribution in [2.45, 2.75) is 6.61 Å². The minimum Gasteiger partial charge on any atom is -0.497 e. The van der Waals surface area contributed by atoms with Crippen molar-refractivity contribution in [1.82, 2.24) is 24.6 Å². The molecule has 0 aliphatic heterocycles. The van der Waals surface area contributed by atoms with Crippen LogP contribution in [-0.2, 0) is 6.61 Å². The van der Waals surface area contributed by atoms with Gasteiger partial charge in [0.1, 0.15) is 29.4 Å². The summed E-state index contributed by atoms with van der Waals surface area (Å²) < 4.78 is 29.7. The number of nitrogens with zero attached hydrogens (tertiary/aromatic N) is 5. The number of fused-ring (bicyclic) bond motifs is 2. The van der Waals surface area contributed by atoms with E-state index in [0.717, 1.165) is 27.0 Å². The second-order valence-electron chi connectivity index (χ2n) is 8.01. The zero-order valence-corrected chi connectivity index (χ0v) is 21.0. The Morgan fingerprint density at radius 1 is 0.919 bits per heavy atom. The van der Waals surface area contributed by atoms with Gasteiger partial charge in [-0.2, -0.15) is 0 Å². The van der Waals surface area contributed by atoms with Crippen LogP contribution < -0.4 is 18.9 Å². The Bertz CT molecular complexity index is 1670. The summed E-state index contributed by atoms with van der Waals surface area (Å²) in [6, 6.07) is 13.8. The number of imidazole rings is 1. The maximum absolute atomic E-state index is 6.18. The van der Waals surface area contributed by atoms with Crippen LogP contribution in [0.15, 0.2) is 65.5 Å². The normalized spacial score (nSPS) is 11.2. The average Bonchev–Trinajstić information content (AvgIpc) is 3.65. The molecule has 4 heterocycles. The van der Waals surface area contributed by atoms with Gasteiger partial charge in [0.25, 0.3) is 5.19 Å². The lowest BCUT2D eigenvalue weighted by Gasteiger charge is -2.10. The SMILES string of the molecule is COc1cc(COc2cccc(-c3cnc(OC)nc3)c2)c2cc(-c3cn4nc(OC)sc4n3)oc2c1. The smallest absolute Gasteiger partial charge is 0.316 e. The summed E-state index contributed by atoms with van der Waals surface area (Å²) >= 11 is 1.36. The molecule has 0 unspecified atom stereocenters. The number of ether oxygens (including phenoxy) is 4. The number of rotatable bonds is 8. The summed E-state index contributed by atoms with van der Waals surface area (Å²) in [6.07, 6.45) is 5.25. The summed E-state index contributed by atoms with van der Waals surface area (Å²) in [5, 5.41) is 5.79. The Labute approximate surface area is 215 Å². The van der Waals surface area contributed by atoms with Crippen LogP contribution in [0, 0.1) is 0 Å². The number of aromatic nitrogens is 5. The van der Waals surface area contributed by atoms with Gasteiger partial charge in [0, 0.05) is 35.0 Å². The third kappa shape index (κ3) is 4.40. The number of benzene rings is 2. The molecule has 0 aliphatic rings. The van der Waals surface area contributed by atoms with Crippen molar-refractivity contribution >= 4 is 27.3 Å². The fourth-order valence-corrected chi connectivity index (χ4v) is 4.63. The molecule has 0 saturated carbocycles. The highest BCUT2D eigenvalue weighted by atomic mass is 32.1. The van der Waals surface area contributed by atoms with Crippen LogP contribution in [0.25, 0.3) is 38.5 Å². The first kappa shape index (κ1) is 22.8. The highest BCUT2D eigenvalue weighted by molar-refractivity contribution is 7.18. The molecule has 0 aliphatic carbocycles. The molecule has 186 valence electrons.